The van der Waals surface area contributed by atoms with Crippen LogP contribution in [-0.4, -0.2) is 53.2 Å². The first kappa shape index (κ1) is 32.2. The van der Waals surface area contributed by atoms with Gasteiger partial charge in [0.05, 0.1) is 0 Å². The summed E-state index contributed by atoms with van der Waals surface area (Å²) in [5, 5.41) is 0. The van der Waals surface area contributed by atoms with Crippen molar-refractivity contribution in [2.24, 2.45) is 0 Å². The van der Waals surface area contributed by atoms with Crippen molar-refractivity contribution in [2.75, 3.05) is 13.1 Å². The van der Waals surface area contributed by atoms with Crippen LogP contribution in [0.4, 0.5) is 0 Å². The highest BCUT2D eigenvalue weighted by atomic mass is 35.6. The molecule has 2 aliphatic rings. The van der Waals surface area contributed by atoms with Crippen LogP contribution < -0.4 is 4.13 Å². The molecule has 0 fully saturated rings. The number of hydrogen-bond donors (Lipinski definition) is 1. The van der Waals surface area contributed by atoms with E-state index in [1.54, 1.807) is 16.3 Å². The second-order valence-electron chi connectivity index (χ2n) is 8.55. The Morgan fingerprint density at radius 3 is 1.33 bits per heavy atom. The van der Waals surface area contributed by atoms with Gasteiger partial charge < -0.3 is 0 Å². The Kier molecular flexibility index (Phi) is 9.69. The van der Waals surface area contributed by atoms with E-state index in [-0.39, 0.29) is 48.8 Å². The van der Waals surface area contributed by atoms with Crippen LogP contribution in [-0.2, 0) is 67.9 Å². The quantitative estimate of drug-likeness (QED) is 0.447. The Balaban J connectivity index is 1.51. The lowest BCUT2D eigenvalue weighted by atomic mass is 10.0. The van der Waals surface area contributed by atoms with Crippen molar-refractivity contribution in [3.63, 3.8) is 0 Å². The molecule has 19 heteroatoms. The Hall–Kier alpha value is 0.260. The first-order valence-electron chi connectivity index (χ1n) is 10.9. The normalized spacial score (nSPS) is 19.2. The highest BCUT2D eigenvalue weighted by Crippen LogP contribution is 2.37. The minimum Gasteiger partial charge on any atom is -0.250 e. The number of alkyl halides is 6. The van der Waals surface area contributed by atoms with E-state index in [0.717, 1.165) is 19.7 Å². The molecule has 0 amide bonds. The van der Waals surface area contributed by atoms with Crippen molar-refractivity contribution in [2.45, 2.75) is 42.0 Å². The molecule has 2 aliphatic heterocycles. The smallest absolute Gasteiger partial charge is 0.250 e. The van der Waals surface area contributed by atoms with Gasteiger partial charge in [0.1, 0.15) is 21.6 Å². The predicted molar refractivity (Wildman–Crippen MR) is 155 cm³/mol. The third kappa shape index (κ3) is 7.43. The molecule has 0 saturated carbocycles. The molecule has 9 nitrogen and oxygen atoms in total. The van der Waals surface area contributed by atoms with Crippen molar-refractivity contribution in [3.8, 4) is 0 Å². The van der Waals surface area contributed by atoms with Gasteiger partial charge in [-0.05, 0) is 59.4 Å². The molecule has 2 atom stereocenters. The largest absolute Gasteiger partial charge is 0.293 e. The Morgan fingerprint density at radius 2 is 1.00 bits per heavy atom. The molecule has 0 bridgehead atoms. The molecule has 2 heterocycles. The molecule has 0 spiro atoms. The lowest BCUT2D eigenvalue weighted by Gasteiger charge is -2.31. The second kappa shape index (κ2) is 11.7. The van der Waals surface area contributed by atoms with Crippen LogP contribution in [0.1, 0.15) is 22.3 Å². The van der Waals surface area contributed by atoms with Gasteiger partial charge in [-0.3, -0.25) is 0 Å². The van der Waals surface area contributed by atoms with E-state index >= 15 is 0 Å². The summed E-state index contributed by atoms with van der Waals surface area (Å²) < 4.78 is 77.0. The third-order valence-electron chi connectivity index (χ3n) is 6.05. The number of rotatable bonds is 6. The van der Waals surface area contributed by atoms with E-state index in [9.17, 15) is 25.3 Å². The summed E-state index contributed by atoms with van der Waals surface area (Å²) >= 11 is 34.4. The standard InChI is InChI=1S/C20H19Cl6N3O6S4/c21-19(22,23)36(30)17-3-1-13-5-7-28(11-15(13)9-17)38(32,33)27-39(34,35)29-8-6-14-2-4-18(10-16(14)12-29)37(31)20(24,25)26/h1-4,9-10,27H,5-8,11-12H2. The minimum absolute atomic E-state index is 0.0137. The fourth-order valence-electron chi connectivity index (χ4n) is 4.16. The van der Waals surface area contributed by atoms with Crippen LogP contribution in [0.15, 0.2) is 46.2 Å². The topological polar surface area (TPSA) is 121 Å². The summed E-state index contributed by atoms with van der Waals surface area (Å²) in [5.74, 6) is 0. The maximum Gasteiger partial charge on any atom is 0.293 e. The number of hydrogen-bond acceptors (Lipinski definition) is 6. The van der Waals surface area contributed by atoms with Crippen molar-refractivity contribution in [3.05, 3.63) is 58.7 Å². The first-order valence-corrected chi connectivity index (χ1v) is 18.3. The third-order valence-corrected chi connectivity index (χ3v) is 14.4. The Labute approximate surface area is 261 Å². The molecule has 216 valence electrons. The molecule has 0 aliphatic carbocycles. The molecule has 2 aromatic carbocycles. The van der Waals surface area contributed by atoms with Gasteiger partial charge in [0.15, 0.2) is 0 Å². The molecule has 4 rings (SSSR count). The van der Waals surface area contributed by atoms with E-state index in [4.69, 9.17) is 69.6 Å². The van der Waals surface area contributed by atoms with E-state index in [2.05, 4.69) is 0 Å². The maximum atomic E-state index is 13.1. The summed E-state index contributed by atoms with van der Waals surface area (Å²) in [4.78, 5) is 0.381. The fourth-order valence-corrected chi connectivity index (χ4v) is 10.4. The Bertz CT molecular complexity index is 1450. The summed E-state index contributed by atoms with van der Waals surface area (Å²) in [6.07, 6.45) is 0.578. The molecule has 0 radical (unpaired) electrons. The van der Waals surface area contributed by atoms with Gasteiger partial charge in [-0.25, -0.2) is 8.42 Å². The molecular formula is C20H19Cl6N3O6S4. The van der Waals surface area contributed by atoms with Gasteiger partial charge in [0, 0.05) is 36.0 Å². The minimum atomic E-state index is -4.51. The molecular weight excluding hydrogens is 719 g/mol. The maximum absolute atomic E-state index is 13.1. The number of benzene rings is 2. The average Bonchev–Trinajstić information content (AvgIpc) is 2.84. The number of halogens is 6. The zero-order valence-corrected chi connectivity index (χ0v) is 27.3. The molecule has 39 heavy (non-hydrogen) atoms. The lowest BCUT2D eigenvalue weighted by Crippen LogP contribution is -2.51. The van der Waals surface area contributed by atoms with Gasteiger partial charge in [-0.2, -0.15) is 25.4 Å². The second-order valence-corrected chi connectivity index (χ2v) is 21.3. The van der Waals surface area contributed by atoms with Crippen molar-refractivity contribution < 1.29 is 25.3 Å². The summed E-state index contributed by atoms with van der Waals surface area (Å²) in [7, 11) is -13.0. The van der Waals surface area contributed by atoms with Gasteiger partial charge in [0.2, 0.25) is 0 Å². The van der Waals surface area contributed by atoms with Gasteiger partial charge in [-0.1, -0.05) is 85.9 Å². The van der Waals surface area contributed by atoms with E-state index in [1.807, 2.05) is 0 Å². The first-order chi connectivity index (χ1) is 17.9. The number of fused-ring (bicyclic) bond motifs is 2. The van der Waals surface area contributed by atoms with E-state index in [1.165, 1.54) is 24.3 Å². The van der Waals surface area contributed by atoms with Gasteiger partial charge in [0.25, 0.3) is 26.7 Å². The van der Waals surface area contributed by atoms with Crippen LogP contribution in [0.3, 0.4) is 0 Å². The van der Waals surface area contributed by atoms with Crippen molar-refractivity contribution in [1.29, 1.82) is 0 Å². The number of nitrogens with zero attached hydrogens (tertiary/aromatic N) is 2. The predicted octanol–water partition coefficient (Wildman–Crippen LogP) is 4.05. The highest BCUT2D eigenvalue weighted by Gasteiger charge is 2.37. The summed E-state index contributed by atoms with van der Waals surface area (Å²) in [5.41, 5.74) is 2.60. The molecule has 1 N–H and O–H groups in total. The lowest BCUT2D eigenvalue weighted by molar-refractivity contribution is 0.375. The van der Waals surface area contributed by atoms with Crippen LogP contribution in [0.2, 0.25) is 0 Å². The monoisotopic (exact) mass is 735 g/mol. The van der Waals surface area contributed by atoms with Crippen LogP contribution in [0.5, 0.6) is 0 Å². The van der Waals surface area contributed by atoms with Crippen LogP contribution in [0.25, 0.3) is 0 Å². The van der Waals surface area contributed by atoms with Gasteiger partial charge >= 0.3 is 0 Å². The average molecular weight is 738 g/mol. The Morgan fingerprint density at radius 1 is 0.641 bits per heavy atom. The SMILES string of the molecule is O=S(c1ccc2c(c1)CN(S(=O)(=O)NS(=O)(=O)N1CCc3ccc(S(=O)C(Cl)(Cl)Cl)cc3C1)CC2)C(Cl)(Cl)Cl. The summed E-state index contributed by atoms with van der Waals surface area (Å²) in [6, 6.07) is 9.36. The molecule has 0 saturated heterocycles. The van der Waals surface area contributed by atoms with Crippen LogP contribution >= 0.6 is 69.6 Å². The zero-order valence-electron chi connectivity index (χ0n) is 19.5. The van der Waals surface area contributed by atoms with Crippen LogP contribution in [0, 0.1) is 0 Å². The zero-order chi connectivity index (χ0) is 29.0. The molecule has 2 unspecified atom stereocenters. The summed E-state index contributed by atoms with van der Waals surface area (Å²) in [6.45, 7) is -0.334. The fraction of sp³-hybridized carbons (Fsp3) is 0.400. The van der Waals surface area contributed by atoms with E-state index < -0.39 is 48.3 Å². The highest BCUT2D eigenvalue weighted by molar-refractivity contribution is 8.02. The van der Waals surface area contributed by atoms with E-state index in [0.29, 0.717) is 11.1 Å². The molecule has 0 aromatic heterocycles. The van der Waals surface area contributed by atoms with Gasteiger partial charge in [-0.15, -0.1) is 0 Å². The number of nitrogens with one attached hydrogen (secondary N) is 1. The molecule has 2 aromatic rings. The van der Waals surface area contributed by atoms with Crippen molar-refractivity contribution in [1.82, 2.24) is 12.7 Å². The van der Waals surface area contributed by atoms with Crippen molar-refractivity contribution >= 4 is 112 Å².